The molecule has 1 aromatic carbocycles. The van der Waals surface area contributed by atoms with Crippen molar-refractivity contribution in [2.75, 3.05) is 47.4 Å². The number of amides is 1. The van der Waals surface area contributed by atoms with Crippen LogP contribution >= 0.6 is 0 Å². The van der Waals surface area contributed by atoms with Crippen LogP contribution in [0.2, 0.25) is 0 Å². The van der Waals surface area contributed by atoms with Crippen molar-refractivity contribution < 1.29 is 23.1 Å². The van der Waals surface area contributed by atoms with Crippen LogP contribution in [0.5, 0.6) is 5.75 Å². The Morgan fingerprint density at radius 3 is 2.61 bits per heavy atom. The number of ether oxygens (including phenoxy) is 1. The number of benzene rings is 1. The summed E-state index contributed by atoms with van der Waals surface area (Å²) >= 11 is 0. The normalized spacial score (nSPS) is 23.4. The van der Waals surface area contributed by atoms with E-state index in [-0.39, 0.29) is 42.2 Å². The topological polar surface area (TPSA) is 90.4 Å². The first-order valence-electron chi connectivity index (χ1n) is 11.4. The van der Waals surface area contributed by atoms with Crippen molar-refractivity contribution in [2.24, 2.45) is 11.8 Å². The lowest BCUT2D eigenvalue weighted by atomic mass is 10.0. The Morgan fingerprint density at radius 2 is 2.00 bits per heavy atom. The fraction of sp³-hybridized carbons (Fsp3) is 0.625. The molecule has 0 bridgehead atoms. The van der Waals surface area contributed by atoms with E-state index in [1.807, 2.05) is 21.0 Å². The second-order valence-corrected chi connectivity index (χ2v) is 11.3. The average Bonchev–Trinajstić information content (AvgIpc) is 3.58. The van der Waals surface area contributed by atoms with Gasteiger partial charge in [-0.1, -0.05) is 18.8 Å². The number of aliphatic hydroxyl groups is 1. The summed E-state index contributed by atoms with van der Waals surface area (Å²) in [4.78, 5) is 16.0. The first-order chi connectivity index (χ1) is 15.5. The Labute approximate surface area is 197 Å². The van der Waals surface area contributed by atoms with Gasteiger partial charge in [0.05, 0.1) is 19.7 Å². The maximum Gasteiger partial charge on any atom is 0.247 e. The highest BCUT2D eigenvalue weighted by Gasteiger charge is 2.38. The van der Waals surface area contributed by atoms with Gasteiger partial charge in [0.25, 0.3) is 0 Å². The lowest BCUT2D eigenvalue weighted by molar-refractivity contribution is -0.132. The number of hydrogen-bond acceptors (Lipinski definition) is 6. The van der Waals surface area contributed by atoms with E-state index >= 15 is 0 Å². The fourth-order valence-corrected chi connectivity index (χ4v) is 5.52. The molecule has 0 radical (unpaired) electrons. The molecule has 8 nitrogen and oxygen atoms in total. The predicted molar refractivity (Wildman–Crippen MR) is 126 cm³/mol. The Hall–Kier alpha value is -2.12. The van der Waals surface area contributed by atoms with Gasteiger partial charge in [-0.3, -0.25) is 4.79 Å². The summed E-state index contributed by atoms with van der Waals surface area (Å²) in [5.74, 6) is 6.70. The Kier molecular flexibility index (Phi) is 8.06. The number of carbonyl (C=O) groups is 1. The van der Waals surface area contributed by atoms with E-state index in [2.05, 4.69) is 11.8 Å². The molecule has 1 N–H and O–H groups in total. The molecule has 0 unspecified atom stereocenters. The van der Waals surface area contributed by atoms with Gasteiger partial charge in [-0.25, -0.2) is 8.42 Å². The molecule has 3 atom stereocenters. The second kappa shape index (κ2) is 10.4. The van der Waals surface area contributed by atoms with Gasteiger partial charge in [0.1, 0.15) is 16.7 Å². The molecule has 0 aromatic heterocycles. The third-order valence-electron chi connectivity index (χ3n) is 6.00. The van der Waals surface area contributed by atoms with Crippen molar-refractivity contribution in [1.29, 1.82) is 0 Å². The van der Waals surface area contributed by atoms with Gasteiger partial charge in [0.2, 0.25) is 15.9 Å². The van der Waals surface area contributed by atoms with Gasteiger partial charge in [-0.15, -0.1) is 0 Å². The summed E-state index contributed by atoms with van der Waals surface area (Å²) in [5.41, 5.74) is 0.696. The van der Waals surface area contributed by atoms with Gasteiger partial charge in [-0.05, 0) is 52.1 Å². The lowest BCUT2D eigenvalue weighted by Gasteiger charge is -2.37. The van der Waals surface area contributed by atoms with E-state index in [1.165, 1.54) is 10.4 Å². The van der Waals surface area contributed by atoms with Crippen LogP contribution in [-0.4, -0.2) is 93.1 Å². The van der Waals surface area contributed by atoms with Crippen LogP contribution in [0.1, 0.15) is 32.3 Å². The van der Waals surface area contributed by atoms with Crippen LogP contribution in [0.15, 0.2) is 23.1 Å². The lowest BCUT2D eigenvalue weighted by Crippen LogP contribution is -2.50. The zero-order valence-electron chi connectivity index (χ0n) is 20.1. The number of likely N-dealkylation sites (N-methyl/N-ethyl adjacent to an activating group) is 2. The fourth-order valence-electron chi connectivity index (χ4n) is 3.70. The van der Waals surface area contributed by atoms with Crippen molar-refractivity contribution in [1.82, 2.24) is 14.1 Å². The highest BCUT2D eigenvalue weighted by atomic mass is 32.2. The maximum absolute atomic E-state index is 13.5. The molecule has 9 heteroatoms. The Bertz CT molecular complexity index is 1030. The van der Waals surface area contributed by atoms with E-state index in [1.54, 1.807) is 35.9 Å². The van der Waals surface area contributed by atoms with E-state index < -0.39 is 22.2 Å². The first kappa shape index (κ1) is 25.5. The monoisotopic (exact) mass is 477 g/mol. The average molecular weight is 478 g/mol. The van der Waals surface area contributed by atoms with Crippen LogP contribution < -0.4 is 4.74 Å². The van der Waals surface area contributed by atoms with Crippen LogP contribution in [-0.2, 0) is 14.8 Å². The SMILES string of the molecule is C[C@H](CO)N1C[C@H](C)[C@@H](CN(C)C(=O)CN(C)C)Oc2cc(C#CC3CC3)ccc2S1(=O)=O. The molecule has 3 rings (SSSR count). The van der Waals surface area contributed by atoms with Crippen molar-refractivity contribution in [3.05, 3.63) is 23.8 Å². The number of nitrogens with zero attached hydrogens (tertiary/aromatic N) is 3. The minimum absolute atomic E-state index is 0.0460. The number of fused-ring (bicyclic) bond motifs is 1. The summed E-state index contributed by atoms with van der Waals surface area (Å²) in [6, 6.07) is 4.32. The maximum atomic E-state index is 13.5. The zero-order valence-corrected chi connectivity index (χ0v) is 20.9. The zero-order chi connectivity index (χ0) is 24.3. The number of sulfonamides is 1. The number of aliphatic hydroxyl groups excluding tert-OH is 1. The third-order valence-corrected chi connectivity index (χ3v) is 8.02. The molecule has 0 saturated heterocycles. The molecule has 1 fully saturated rings. The number of hydrogen-bond donors (Lipinski definition) is 1. The molecular formula is C24H35N3O5S. The molecule has 1 saturated carbocycles. The number of carbonyl (C=O) groups excluding carboxylic acids is 1. The van der Waals surface area contributed by atoms with E-state index in [0.29, 0.717) is 18.0 Å². The molecular weight excluding hydrogens is 442 g/mol. The molecule has 1 aliphatic heterocycles. The molecule has 1 amide bonds. The second-order valence-electron chi connectivity index (χ2n) is 9.46. The summed E-state index contributed by atoms with van der Waals surface area (Å²) in [6.07, 6.45) is 1.77. The van der Waals surface area contributed by atoms with Crippen LogP contribution in [0.4, 0.5) is 0 Å². The van der Waals surface area contributed by atoms with Crippen LogP contribution in [0, 0.1) is 23.7 Å². The van der Waals surface area contributed by atoms with Crippen LogP contribution in [0.25, 0.3) is 0 Å². The molecule has 182 valence electrons. The minimum Gasteiger partial charge on any atom is -0.487 e. The molecule has 33 heavy (non-hydrogen) atoms. The standard InChI is InChI=1S/C24H35N3O5S/c1-17-13-27(18(2)16-28)33(30,31)23-11-10-20(9-8-19-6-7-19)12-21(23)32-22(17)14-26(5)24(29)15-25(3)4/h10-12,17-19,22,28H,6-7,13-16H2,1-5H3/t17-,18+,22+/m0/s1. The van der Waals surface area contributed by atoms with Crippen molar-refractivity contribution >= 4 is 15.9 Å². The largest absolute Gasteiger partial charge is 0.487 e. The van der Waals surface area contributed by atoms with Gasteiger partial charge in [0, 0.05) is 37.0 Å². The summed E-state index contributed by atoms with van der Waals surface area (Å²) in [6.45, 7) is 4.06. The van der Waals surface area contributed by atoms with E-state index in [4.69, 9.17) is 4.74 Å². The van der Waals surface area contributed by atoms with E-state index in [9.17, 15) is 18.3 Å². The molecule has 0 spiro atoms. The first-order valence-corrected chi connectivity index (χ1v) is 12.8. The minimum atomic E-state index is -3.89. The highest BCUT2D eigenvalue weighted by molar-refractivity contribution is 7.89. The van der Waals surface area contributed by atoms with Crippen LogP contribution in [0.3, 0.4) is 0 Å². The van der Waals surface area contributed by atoms with Gasteiger partial charge >= 0.3 is 0 Å². The Morgan fingerprint density at radius 1 is 1.30 bits per heavy atom. The smallest absolute Gasteiger partial charge is 0.247 e. The van der Waals surface area contributed by atoms with Crippen molar-refractivity contribution in [2.45, 2.75) is 43.7 Å². The quantitative estimate of drug-likeness (QED) is 0.620. The Balaban J connectivity index is 1.99. The molecule has 1 heterocycles. The molecule has 1 aliphatic carbocycles. The summed E-state index contributed by atoms with van der Waals surface area (Å²) < 4.78 is 34.6. The van der Waals surface area contributed by atoms with Gasteiger partial charge in [0.15, 0.2) is 0 Å². The van der Waals surface area contributed by atoms with Gasteiger partial charge in [-0.2, -0.15) is 4.31 Å². The summed E-state index contributed by atoms with van der Waals surface area (Å²) in [7, 11) is 1.50. The van der Waals surface area contributed by atoms with Gasteiger partial charge < -0.3 is 19.6 Å². The summed E-state index contributed by atoms with van der Waals surface area (Å²) in [5, 5.41) is 9.74. The highest BCUT2D eigenvalue weighted by Crippen LogP contribution is 2.34. The predicted octanol–water partition coefficient (Wildman–Crippen LogP) is 1.24. The molecule has 2 aliphatic rings. The number of rotatable bonds is 6. The van der Waals surface area contributed by atoms with Crippen molar-refractivity contribution in [3.63, 3.8) is 0 Å². The van der Waals surface area contributed by atoms with E-state index in [0.717, 1.165) is 12.8 Å². The third kappa shape index (κ3) is 6.27. The molecule has 1 aromatic rings. The van der Waals surface area contributed by atoms with Crippen molar-refractivity contribution in [3.8, 4) is 17.6 Å².